The molecule has 0 aliphatic carbocycles. The summed E-state index contributed by atoms with van der Waals surface area (Å²) in [5.74, 6) is 0.723. The summed E-state index contributed by atoms with van der Waals surface area (Å²) >= 11 is 0. The van der Waals surface area contributed by atoms with Crippen LogP contribution in [0.3, 0.4) is 0 Å². The third-order valence-corrected chi connectivity index (χ3v) is 2.78. The lowest BCUT2D eigenvalue weighted by atomic mass is 9.93. The molecule has 0 radical (unpaired) electrons. The number of aromatic nitrogens is 1. The predicted molar refractivity (Wildman–Crippen MR) is 55.7 cm³/mol. The van der Waals surface area contributed by atoms with Gasteiger partial charge in [0.05, 0.1) is 18.0 Å². The van der Waals surface area contributed by atoms with Crippen LogP contribution in [0.2, 0.25) is 0 Å². The second-order valence-electron chi connectivity index (χ2n) is 3.99. The van der Waals surface area contributed by atoms with E-state index in [0.717, 1.165) is 36.6 Å². The summed E-state index contributed by atoms with van der Waals surface area (Å²) in [7, 11) is 0. The number of nitrogens with two attached hydrogens (primary N) is 1. The van der Waals surface area contributed by atoms with E-state index in [2.05, 4.69) is 11.9 Å². The normalized spacial score (nSPS) is 27.5. The highest BCUT2D eigenvalue weighted by molar-refractivity contribution is 5.45. The Labute approximate surface area is 84.3 Å². The van der Waals surface area contributed by atoms with E-state index in [1.807, 2.05) is 6.07 Å². The Morgan fingerprint density at radius 3 is 3.14 bits per heavy atom. The number of hydrogen-bond donors (Lipinski definition) is 1. The minimum absolute atomic E-state index is 0.168. The first kappa shape index (κ1) is 9.46. The maximum absolute atomic E-state index is 5.85. The van der Waals surface area contributed by atoms with Gasteiger partial charge in [-0.2, -0.15) is 0 Å². The average molecular weight is 192 g/mol. The Bertz CT molecular complexity index is 314. The van der Waals surface area contributed by atoms with Crippen molar-refractivity contribution in [3.8, 4) is 0 Å². The molecule has 3 nitrogen and oxygen atoms in total. The number of hydrogen-bond acceptors (Lipinski definition) is 3. The summed E-state index contributed by atoms with van der Waals surface area (Å²) in [6.07, 6.45) is 5.85. The quantitative estimate of drug-likeness (QED) is 0.741. The van der Waals surface area contributed by atoms with Crippen molar-refractivity contribution < 1.29 is 4.74 Å². The van der Waals surface area contributed by atoms with Crippen molar-refractivity contribution in [2.24, 2.45) is 5.92 Å². The molecule has 2 heterocycles. The fraction of sp³-hybridized carbons (Fsp3) is 0.545. The predicted octanol–water partition coefficient (Wildman–Crippen LogP) is 2.15. The number of ether oxygens (including phenoxy) is 1. The van der Waals surface area contributed by atoms with E-state index < -0.39 is 0 Å². The molecule has 1 saturated heterocycles. The number of pyridine rings is 1. The molecule has 2 N–H and O–H groups in total. The molecule has 76 valence electrons. The lowest BCUT2D eigenvalue weighted by molar-refractivity contribution is -0.00593. The van der Waals surface area contributed by atoms with Crippen LogP contribution in [0.4, 0.5) is 5.69 Å². The van der Waals surface area contributed by atoms with Crippen molar-refractivity contribution in [1.82, 2.24) is 4.98 Å². The summed E-state index contributed by atoms with van der Waals surface area (Å²) in [5, 5.41) is 0. The van der Waals surface area contributed by atoms with Crippen molar-refractivity contribution >= 4 is 5.69 Å². The molecule has 14 heavy (non-hydrogen) atoms. The first-order chi connectivity index (χ1) is 6.77. The summed E-state index contributed by atoms with van der Waals surface area (Å²) in [6.45, 7) is 3.10. The molecular weight excluding hydrogens is 176 g/mol. The van der Waals surface area contributed by atoms with Crippen LogP contribution in [0, 0.1) is 5.92 Å². The standard InChI is InChI=1S/C11H16N2O/c1-8-3-5-14-11(6-8)9-2-4-13-7-10(9)12/h2,4,7-8,11H,3,5-6,12H2,1H3/t8-,11+/m1/s1. The van der Waals surface area contributed by atoms with E-state index in [9.17, 15) is 0 Å². The van der Waals surface area contributed by atoms with Crippen LogP contribution in [0.1, 0.15) is 31.4 Å². The van der Waals surface area contributed by atoms with Gasteiger partial charge in [-0.25, -0.2) is 0 Å². The molecule has 1 aromatic rings. The van der Waals surface area contributed by atoms with E-state index in [-0.39, 0.29) is 6.10 Å². The highest BCUT2D eigenvalue weighted by Crippen LogP contribution is 2.33. The van der Waals surface area contributed by atoms with E-state index in [0.29, 0.717) is 0 Å². The maximum atomic E-state index is 5.85. The minimum Gasteiger partial charge on any atom is -0.397 e. The second kappa shape index (κ2) is 3.96. The van der Waals surface area contributed by atoms with Gasteiger partial charge in [0.1, 0.15) is 0 Å². The average Bonchev–Trinajstić information content (AvgIpc) is 2.18. The summed E-state index contributed by atoms with van der Waals surface area (Å²) in [6, 6.07) is 1.96. The summed E-state index contributed by atoms with van der Waals surface area (Å²) in [4.78, 5) is 3.98. The third kappa shape index (κ3) is 1.87. The number of rotatable bonds is 1. The van der Waals surface area contributed by atoms with Gasteiger partial charge in [0.25, 0.3) is 0 Å². The molecule has 2 rings (SSSR count). The molecule has 0 amide bonds. The highest BCUT2D eigenvalue weighted by Gasteiger charge is 2.22. The zero-order chi connectivity index (χ0) is 9.97. The highest BCUT2D eigenvalue weighted by atomic mass is 16.5. The van der Waals surface area contributed by atoms with Gasteiger partial charge in [-0.3, -0.25) is 4.98 Å². The van der Waals surface area contributed by atoms with Crippen LogP contribution in [-0.4, -0.2) is 11.6 Å². The molecule has 1 aliphatic heterocycles. The van der Waals surface area contributed by atoms with Crippen LogP contribution < -0.4 is 5.73 Å². The Kier molecular flexibility index (Phi) is 2.68. The van der Waals surface area contributed by atoms with Crippen molar-refractivity contribution in [2.75, 3.05) is 12.3 Å². The summed E-state index contributed by atoms with van der Waals surface area (Å²) in [5.41, 5.74) is 7.69. The van der Waals surface area contributed by atoms with Gasteiger partial charge in [0.15, 0.2) is 0 Å². The van der Waals surface area contributed by atoms with Crippen LogP contribution in [-0.2, 0) is 4.74 Å². The Hall–Kier alpha value is -1.09. The molecule has 0 aromatic carbocycles. The van der Waals surface area contributed by atoms with Crippen LogP contribution in [0.25, 0.3) is 0 Å². The second-order valence-corrected chi connectivity index (χ2v) is 3.99. The third-order valence-electron chi connectivity index (χ3n) is 2.78. The van der Waals surface area contributed by atoms with Gasteiger partial charge in [0.2, 0.25) is 0 Å². The molecule has 0 bridgehead atoms. The van der Waals surface area contributed by atoms with Gasteiger partial charge in [-0.05, 0) is 24.8 Å². The lowest BCUT2D eigenvalue weighted by Crippen LogP contribution is -2.18. The number of nitrogens with zero attached hydrogens (tertiary/aromatic N) is 1. The van der Waals surface area contributed by atoms with Gasteiger partial charge in [-0.15, -0.1) is 0 Å². The first-order valence-corrected chi connectivity index (χ1v) is 5.08. The molecule has 0 spiro atoms. The van der Waals surface area contributed by atoms with E-state index in [1.165, 1.54) is 0 Å². The Morgan fingerprint density at radius 1 is 1.57 bits per heavy atom. The van der Waals surface area contributed by atoms with Crippen LogP contribution in [0.5, 0.6) is 0 Å². The molecule has 0 saturated carbocycles. The molecule has 1 fully saturated rings. The van der Waals surface area contributed by atoms with Gasteiger partial charge in [0, 0.05) is 18.4 Å². The fourth-order valence-electron chi connectivity index (χ4n) is 1.89. The SMILES string of the molecule is C[C@@H]1CCO[C@H](c2ccncc2N)C1. The molecule has 2 atom stereocenters. The van der Waals surface area contributed by atoms with Crippen LogP contribution >= 0.6 is 0 Å². The topological polar surface area (TPSA) is 48.1 Å². The van der Waals surface area contributed by atoms with Crippen molar-refractivity contribution in [2.45, 2.75) is 25.9 Å². The Morgan fingerprint density at radius 2 is 2.43 bits per heavy atom. The van der Waals surface area contributed by atoms with E-state index in [4.69, 9.17) is 10.5 Å². The van der Waals surface area contributed by atoms with E-state index >= 15 is 0 Å². The molecule has 0 unspecified atom stereocenters. The van der Waals surface area contributed by atoms with Gasteiger partial charge < -0.3 is 10.5 Å². The smallest absolute Gasteiger partial charge is 0.0848 e. The van der Waals surface area contributed by atoms with Crippen molar-refractivity contribution in [3.05, 3.63) is 24.0 Å². The fourth-order valence-corrected chi connectivity index (χ4v) is 1.89. The zero-order valence-electron chi connectivity index (χ0n) is 8.44. The molecule has 1 aromatic heterocycles. The molecule has 3 heteroatoms. The van der Waals surface area contributed by atoms with Crippen molar-refractivity contribution in [1.29, 1.82) is 0 Å². The molecule has 1 aliphatic rings. The van der Waals surface area contributed by atoms with Gasteiger partial charge >= 0.3 is 0 Å². The zero-order valence-corrected chi connectivity index (χ0v) is 8.44. The van der Waals surface area contributed by atoms with E-state index in [1.54, 1.807) is 12.4 Å². The maximum Gasteiger partial charge on any atom is 0.0848 e. The number of nitrogen functional groups attached to an aromatic ring is 1. The minimum atomic E-state index is 0.168. The van der Waals surface area contributed by atoms with Crippen LogP contribution in [0.15, 0.2) is 18.5 Å². The summed E-state index contributed by atoms with van der Waals surface area (Å²) < 4.78 is 5.71. The monoisotopic (exact) mass is 192 g/mol. The Balaban J connectivity index is 2.18. The first-order valence-electron chi connectivity index (χ1n) is 5.08. The lowest BCUT2D eigenvalue weighted by Gasteiger charge is -2.28. The van der Waals surface area contributed by atoms with Crippen molar-refractivity contribution in [3.63, 3.8) is 0 Å². The number of anilines is 1. The van der Waals surface area contributed by atoms with Gasteiger partial charge in [-0.1, -0.05) is 6.92 Å². The molecular formula is C11H16N2O. The largest absolute Gasteiger partial charge is 0.397 e.